The highest BCUT2D eigenvalue weighted by molar-refractivity contribution is 5.71. The Morgan fingerprint density at radius 3 is 0.772 bits per heavy atom. The largest absolute Gasteiger partial charge is 0.462 e. The van der Waals surface area contributed by atoms with Gasteiger partial charge in [-0.2, -0.15) is 0 Å². The van der Waals surface area contributed by atoms with Crippen LogP contribution in [0.3, 0.4) is 0 Å². The number of rotatable bonds is 55. The van der Waals surface area contributed by atoms with Gasteiger partial charge < -0.3 is 14.2 Å². The minimum Gasteiger partial charge on any atom is -0.462 e. The molecule has 0 N–H and O–H groups in total. The lowest BCUT2D eigenvalue weighted by atomic mass is 10.1. The van der Waals surface area contributed by atoms with Gasteiger partial charge in [-0.1, -0.05) is 268 Å². The molecule has 442 valence electrons. The van der Waals surface area contributed by atoms with Crippen molar-refractivity contribution in [3.63, 3.8) is 0 Å². The maximum Gasteiger partial charge on any atom is 0.306 e. The predicted molar refractivity (Wildman–Crippen MR) is 343 cm³/mol. The van der Waals surface area contributed by atoms with Crippen LogP contribution in [0.15, 0.2) is 170 Å². The Hall–Kier alpha value is -5.23. The standard InChI is InChI=1S/C73H114O6/c1-4-7-10-13-16-18-20-22-24-26-28-29-30-31-32-33-34-35-36-37-38-39-40-41-42-43-45-46-48-50-52-54-57-60-63-66-72(75)78-69-70(68-77-71(74)65-62-59-56-15-12-9-6-3)79-73(76)67-64-61-58-55-53-51-49-47-44-27-25-23-21-19-17-14-11-8-5-2/h7-8,10-11,16-19,22-25,28-29,31-32,34-35,37-38,40-41,43-45,47-48,50,70H,4-6,9,12-15,20-21,26-27,30,33,36,39,42,46,49,51-69H2,1-3H3/b10-7-,11-8-,18-16-,19-17-,24-22-,25-23-,29-28-,32-31-,35-34-,38-37-,41-40-,45-43-,47-44-,50-48-. The first-order valence-electron chi connectivity index (χ1n) is 31.6. The quantitative estimate of drug-likeness (QED) is 0.0261. The molecule has 0 heterocycles. The van der Waals surface area contributed by atoms with Crippen molar-refractivity contribution >= 4 is 17.9 Å². The Balaban J connectivity index is 4.24. The van der Waals surface area contributed by atoms with E-state index in [1.54, 1.807) is 0 Å². The van der Waals surface area contributed by atoms with Crippen molar-refractivity contribution in [1.82, 2.24) is 0 Å². The van der Waals surface area contributed by atoms with Crippen LogP contribution in [0, 0.1) is 0 Å². The normalized spacial score (nSPS) is 13.3. The molecule has 0 fully saturated rings. The third-order valence-corrected chi connectivity index (χ3v) is 12.7. The van der Waals surface area contributed by atoms with E-state index in [-0.39, 0.29) is 31.1 Å². The highest BCUT2D eigenvalue weighted by Crippen LogP contribution is 2.13. The summed E-state index contributed by atoms with van der Waals surface area (Å²) in [5.74, 6) is -0.952. The van der Waals surface area contributed by atoms with E-state index < -0.39 is 6.10 Å². The number of hydrogen-bond donors (Lipinski definition) is 0. The molecule has 79 heavy (non-hydrogen) atoms. The van der Waals surface area contributed by atoms with E-state index in [2.05, 4.69) is 191 Å². The third-order valence-electron chi connectivity index (χ3n) is 12.7. The third kappa shape index (κ3) is 63.5. The Bertz CT molecular complexity index is 1820. The van der Waals surface area contributed by atoms with Gasteiger partial charge in [-0.25, -0.2) is 0 Å². The molecule has 0 saturated carbocycles. The molecule has 0 radical (unpaired) electrons. The van der Waals surface area contributed by atoms with Gasteiger partial charge in [0.2, 0.25) is 0 Å². The molecular weight excluding hydrogens is 973 g/mol. The Morgan fingerprint density at radius 1 is 0.266 bits per heavy atom. The molecule has 0 spiro atoms. The van der Waals surface area contributed by atoms with Crippen molar-refractivity contribution in [2.24, 2.45) is 0 Å². The summed E-state index contributed by atoms with van der Waals surface area (Å²) in [4.78, 5) is 38.0. The summed E-state index contributed by atoms with van der Waals surface area (Å²) in [6, 6.07) is 0. The number of carbonyl (C=O) groups excluding carboxylic acids is 3. The van der Waals surface area contributed by atoms with Gasteiger partial charge in [-0.05, 0) is 135 Å². The maximum atomic E-state index is 12.8. The van der Waals surface area contributed by atoms with Gasteiger partial charge in [0.05, 0.1) is 0 Å². The fourth-order valence-electron chi connectivity index (χ4n) is 8.05. The van der Waals surface area contributed by atoms with Crippen LogP contribution in [0.25, 0.3) is 0 Å². The number of allylic oxidation sites excluding steroid dienone is 28. The monoisotopic (exact) mass is 1090 g/mol. The number of ether oxygens (including phenoxy) is 3. The van der Waals surface area contributed by atoms with Gasteiger partial charge >= 0.3 is 17.9 Å². The summed E-state index contributed by atoms with van der Waals surface area (Å²) >= 11 is 0. The van der Waals surface area contributed by atoms with Gasteiger partial charge in [0.1, 0.15) is 13.2 Å². The minimum absolute atomic E-state index is 0.0981. The van der Waals surface area contributed by atoms with Crippen molar-refractivity contribution in [2.45, 2.75) is 258 Å². The molecule has 0 saturated heterocycles. The summed E-state index contributed by atoms with van der Waals surface area (Å²) < 4.78 is 16.8. The molecule has 6 heteroatoms. The lowest BCUT2D eigenvalue weighted by Gasteiger charge is -2.18. The molecule has 0 aromatic carbocycles. The highest BCUT2D eigenvalue weighted by atomic mass is 16.6. The van der Waals surface area contributed by atoms with E-state index in [1.165, 1.54) is 38.5 Å². The van der Waals surface area contributed by atoms with Gasteiger partial charge in [0.15, 0.2) is 6.10 Å². The fourth-order valence-corrected chi connectivity index (χ4v) is 8.05. The van der Waals surface area contributed by atoms with Crippen LogP contribution in [-0.4, -0.2) is 37.2 Å². The minimum atomic E-state index is -0.802. The number of esters is 3. The van der Waals surface area contributed by atoms with Crippen LogP contribution in [0.2, 0.25) is 0 Å². The topological polar surface area (TPSA) is 78.9 Å². The van der Waals surface area contributed by atoms with Crippen molar-refractivity contribution in [1.29, 1.82) is 0 Å². The van der Waals surface area contributed by atoms with Crippen molar-refractivity contribution in [3.8, 4) is 0 Å². The summed E-state index contributed by atoms with van der Waals surface area (Å²) in [6.45, 7) is 6.32. The van der Waals surface area contributed by atoms with Gasteiger partial charge in [0, 0.05) is 19.3 Å². The van der Waals surface area contributed by atoms with Crippen LogP contribution in [0.1, 0.15) is 252 Å². The smallest absolute Gasteiger partial charge is 0.306 e. The Labute approximate surface area is 485 Å². The average molecular weight is 1090 g/mol. The lowest BCUT2D eigenvalue weighted by Crippen LogP contribution is -2.30. The summed E-state index contributed by atoms with van der Waals surface area (Å²) in [5.41, 5.74) is 0. The zero-order valence-electron chi connectivity index (χ0n) is 50.6. The van der Waals surface area contributed by atoms with Crippen LogP contribution in [0.4, 0.5) is 0 Å². The Morgan fingerprint density at radius 2 is 0.494 bits per heavy atom. The second-order valence-electron chi connectivity index (χ2n) is 20.2. The SMILES string of the molecule is CC/C=C\C/C=C\C/C=C\C/C=C\C/C=C\C/C=C\C/C=C\C/C=C\C/C=C\C/C=C\CCCCCCC(=O)OCC(COC(=O)CCCCCCCCC)OC(=O)CCCCCCCC/C=C\C/C=C\C/C=C\C/C=C\CC. The van der Waals surface area contributed by atoms with Crippen molar-refractivity contribution in [2.75, 3.05) is 13.2 Å². The summed E-state index contributed by atoms with van der Waals surface area (Å²) in [7, 11) is 0. The molecule has 6 nitrogen and oxygen atoms in total. The van der Waals surface area contributed by atoms with Crippen LogP contribution < -0.4 is 0 Å². The summed E-state index contributed by atoms with van der Waals surface area (Å²) in [5, 5.41) is 0. The lowest BCUT2D eigenvalue weighted by molar-refractivity contribution is -0.167. The molecule has 0 aromatic rings. The molecular formula is C73H114O6. The van der Waals surface area contributed by atoms with E-state index in [9.17, 15) is 14.4 Å². The summed E-state index contributed by atoms with van der Waals surface area (Å²) in [6.07, 6.45) is 96.7. The molecule has 1 atom stereocenters. The molecule has 0 aliphatic rings. The highest BCUT2D eigenvalue weighted by Gasteiger charge is 2.19. The van der Waals surface area contributed by atoms with E-state index in [0.29, 0.717) is 19.3 Å². The second-order valence-corrected chi connectivity index (χ2v) is 20.2. The number of unbranched alkanes of at least 4 members (excludes halogenated alkanes) is 16. The average Bonchev–Trinajstić information content (AvgIpc) is 3.45. The van der Waals surface area contributed by atoms with E-state index in [1.807, 2.05) is 0 Å². The molecule has 0 amide bonds. The Kier molecular flexibility index (Phi) is 61.0. The van der Waals surface area contributed by atoms with Gasteiger partial charge in [0.25, 0.3) is 0 Å². The first-order valence-corrected chi connectivity index (χ1v) is 31.6. The molecule has 0 aromatic heterocycles. The first-order chi connectivity index (χ1) is 39.0. The van der Waals surface area contributed by atoms with Crippen LogP contribution in [-0.2, 0) is 28.6 Å². The predicted octanol–water partition coefficient (Wildman–Crippen LogP) is 21.9. The van der Waals surface area contributed by atoms with E-state index in [4.69, 9.17) is 14.2 Å². The van der Waals surface area contributed by atoms with Crippen LogP contribution in [0.5, 0.6) is 0 Å². The van der Waals surface area contributed by atoms with E-state index >= 15 is 0 Å². The van der Waals surface area contributed by atoms with E-state index in [0.717, 1.165) is 173 Å². The molecule has 0 aliphatic heterocycles. The van der Waals surface area contributed by atoms with Crippen molar-refractivity contribution in [3.05, 3.63) is 170 Å². The van der Waals surface area contributed by atoms with Gasteiger partial charge in [-0.15, -0.1) is 0 Å². The molecule has 0 rings (SSSR count). The zero-order chi connectivity index (χ0) is 57.1. The van der Waals surface area contributed by atoms with Crippen LogP contribution >= 0.6 is 0 Å². The molecule has 1 unspecified atom stereocenters. The second kappa shape index (κ2) is 65.3. The number of hydrogen-bond acceptors (Lipinski definition) is 6. The maximum absolute atomic E-state index is 12.8. The molecule has 0 bridgehead atoms. The first kappa shape index (κ1) is 73.8. The molecule has 0 aliphatic carbocycles. The fraction of sp³-hybridized carbons (Fsp3) is 0.575. The van der Waals surface area contributed by atoms with Gasteiger partial charge in [-0.3, -0.25) is 14.4 Å². The zero-order valence-corrected chi connectivity index (χ0v) is 50.6. The number of carbonyl (C=O) groups is 3. The van der Waals surface area contributed by atoms with Crippen molar-refractivity contribution < 1.29 is 28.6 Å².